The third-order valence-electron chi connectivity index (χ3n) is 4.26. The van der Waals surface area contributed by atoms with Crippen LogP contribution in [0.5, 0.6) is 0 Å². The quantitative estimate of drug-likeness (QED) is 0.846. The Labute approximate surface area is 142 Å². The average Bonchev–Trinajstić information content (AvgIpc) is 2.67. The molecule has 0 radical (unpaired) electrons. The van der Waals surface area contributed by atoms with Gasteiger partial charge in [-0.25, -0.2) is 0 Å². The van der Waals surface area contributed by atoms with Crippen molar-refractivity contribution in [2.75, 3.05) is 44.8 Å². The highest BCUT2D eigenvalue weighted by molar-refractivity contribution is 5.99. The summed E-state index contributed by atoms with van der Waals surface area (Å²) < 4.78 is 5.41. The maximum atomic E-state index is 12.9. The monoisotopic (exact) mass is 325 g/mol. The number of morpholine rings is 1. The average molecular weight is 325 g/mol. The Morgan fingerprint density at radius 1 is 1.17 bits per heavy atom. The molecule has 2 heterocycles. The number of hydrogen-bond acceptors (Lipinski definition) is 4. The zero-order valence-corrected chi connectivity index (χ0v) is 14.0. The number of aromatic nitrogens is 1. The fraction of sp³-hybridized carbons (Fsp3) is 0.368. The van der Waals surface area contributed by atoms with E-state index in [4.69, 9.17) is 4.74 Å². The predicted molar refractivity (Wildman–Crippen MR) is 94.4 cm³/mol. The minimum Gasteiger partial charge on any atom is -0.378 e. The predicted octanol–water partition coefficient (Wildman–Crippen LogP) is 2.23. The Hall–Kier alpha value is -2.40. The number of amides is 1. The highest BCUT2D eigenvalue weighted by atomic mass is 16.5. The number of ether oxygens (including phenoxy) is 1. The molecule has 0 unspecified atom stereocenters. The second-order valence-corrected chi connectivity index (χ2v) is 5.91. The molecule has 0 atom stereocenters. The van der Waals surface area contributed by atoms with Crippen LogP contribution < -0.4 is 4.90 Å². The summed E-state index contributed by atoms with van der Waals surface area (Å²) in [5, 5.41) is 0. The molecule has 0 N–H and O–H groups in total. The smallest absolute Gasteiger partial charge is 0.255 e. The van der Waals surface area contributed by atoms with Crippen LogP contribution in [-0.2, 0) is 11.2 Å². The molecule has 1 aliphatic heterocycles. The van der Waals surface area contributed by atoms with Crippen LogP contribution in [0.25, 0.3) is 0 Å². The van der Waals surface area contributed by atoms with E-state index >= 15 is 0 Å². The Bertz CT molecular complexity index is 669. The molecule has 0 saturated carbocycles. The first-order valence-corrected chi connectivity index (χ1v) is 8.33. The minimum atomic E-state index is 0.0491. The largest absolute Gasteiger partial charge is 0.378 e. The third-order valence-corrected chi connectivity index (χ3v) is 4.26. The molecule has 1 fully saturated rings. The fourth-order valence-electron chi connectivity index (χ4n) is 2.87. The lowest BCUT2D eigenvalue weighted by atomic mass is 10.1. The molecule has 1 amide bonds. The number of pyridine rings is 1. The summed E-state index contributed by atoms with van der Waals surface area (Å²) in [4.78, 5) is 21.2. The summed E-state index contributed by atoms with van der Waals surface area (Å²) in [7, 11) is 1.85. The minimum absolute atomic E-state index is 0.0491. The van der Waals surface area contributed by atoms with Crippen LogP contribution in [-0.4, -0.2) is 55.7 Å². The van der Waals surface area contributed by atoms with Gasteiger partial charge in [-0.15, -0.1) is 0 Å². The highest BCUT2D eigenvalue weighted by Gasteiger charge is 2.20. The lowest BCUT2D eigenvalue weighted by molar-refractivity contribution is 0.0795. The number of anilines is 1. The van der Waals surface area contributed by atoms with Gasteiger partial charge in [0.25, 0.3) is 5.91 Å². The van der Waals surface area contributed by atoms with Crippen molar-refractivity contribution in [2.45, 2.75) is 6.42 Å². The van der Waals surface area contributed by atoms with Crippen molar-refractivity contribution in [3.8, 4) is 0 Å². The number of para-hydroxylation sites is 1. The lowest BCUT2D eigenvalue weighted by Crippen LogP contribution is -2.38. The van der Waals surface area contributed by atoms with E-state index in [2.05, 4.69) is 9.88 Å². The molecule has 5 nitrogen and oxygen atoms in total. The van der Waals surface area contributed by atoms with Gasteiger partial charge in [0.15, 0.2) is 0 Å². The molecular formula is C19H23N3O2. The maximum Gasteiger partial charge on any atom is 0.255 e. The molecule has 1 aromatic heterocycles. The molecule has 126 valence electrons. The van der Waals surface area contributed by atoms with Gasteiger partial charge in [-0.2, -0.15) is 0 Å². The summed E-state index contributed by atoms with van der Waals surface area (Å²) >= 11 is 0. The van der Waals surface area contributed by atoms with Crippen LogP contribution in [0.4, 0.5) is 5.69 Å². The SMILES string of the molecule is CN(CCc1ccccn1)C(=O)c1ccccc1N1CCOCC1. The van der Waals surface area contributed by atoms with Crippen molar-refractivity contribution >= 4 is 11.6 Å². The van der Waals surface area contributed by atoms with Crippen LogP contribution in [0, 0.1) is 0 Å². The van der Waals surface area contributed by atoms with Crippen LogP contribution >= 0.6 is 0 Å². The standard InChI is InChI=1S/C19H23N3O2/c1-21(11-9-16-6-4-5-10-20-16)19(23)17-7-2-3-8-18(17)22-12-14-24-15-13-22/h2-8,10H,9,11-15H2,1H3. The number of likely N-dealkylation sites (N-methyl/N-ethyl adjacent to an activating group) is 1. The molecule has 3 rings (SSSR count). The van der Waals surface area contributed by atoms with Gasteiger partial charge in [0.2, 0.25) is 0 Å². The maximum absolute atomic E-state index is 12.9. The van der Waals surface area contributed by atoms with Crippen molar-refractivity contribution in [2.24, 2.45) is 0 Å². The zero-order chi connectivity index (χ0) is 16.8. The van der Waals surface area contributed by atoms with Crippen LogP contribution in [0.2, 0.25) is 0 Å². The fourth-order valence-corrected chi connectivity index (χ4v) is 2.87. The number of rotatable bonds is 5. The molecule has 1 aromatic carbocycles. The van der Waals surface area contributed by atoms with Crippen LogP contribution in [0.15, 0.2) is 48.7 Å². The van der Waals surface area contributed by atoms with E-state index in [0.717, 1.165) is 36.5 Å². The summed E-state index contributed by atoms with van der Waals surface area (Å²) in [5.41, 5.74) is 2.75. The number of carbonyl (C=O) groups excluding carboxylic acids is 1. The Kier molecular flexibility index (Phi) is 5.43. The molecule has 1 saturated heterocycles. The third kappa shape index (κ3) is 3.92. The Balaban J connectivity index is 1.69. The molecule has 2 aromatic rings. The van der Waals surface area contributed by atoms with E-state index in [1.54, 1.807) is 11.1 Å². The van der Waals surface area contributed by atoms with Crippen LogP contribution in [0.3, 0.4) is 0 Å². The van der Waals surface area contributed by atoms with Crippen molar-refractivity contribution < 1.29 is 9.53 Å². The van der Waals surface area contributed by atoms with E-state index in [1.807, 2.05) is 49.5 Å². The van der Waals surface area contributed by atoms with E-state index in [9.17, 15) is 4.79 Å². The van der Waals surface area contributed by atoms with Gasteiger partial charge in [-0.3, -0.25) is 9.78 Å². The first-order valence-electron chi connectivity index (χ1n) is 8.33. The van der Waals surface area contributed by atoms with Gasteiger partial charge >= 0.3 is 0 Å². The molecule has 5 heteroatoms. The van der Waals surface area contributed by atoms with Crippen molar-refractivity contribution in [3.63, 3.8) is 0 Å². The first kappa shape index (κ1) is 16.5. The van der Waals surface area contributed by atoms with Gasteiger partial charge < -0.3 is 14.5 Å². The summed E-state index contributed by atoms with van der Waals surface area (Å²) in [6.45, 7) is 3.70. The van der Waals surface area contributed by atoms with Gasteiger partial charge in [0.1, 0.15) is 0 Å². The molecule has 0 bridgehead atoms. The van der Waals surface area contributed by atoms with Gasteiger partial charge in [-0.05, 0) is 24.3 Å². The van der Waals surface area contributed by atoms with Crippen molar-refractivity contribution in [1.82, 2.24) is 9.88 Å². The molecule has 0 spiro atoms. The zero-order valence-electron chi connectivity index (χ0n) is 14.0. The molecule has 1 aliphatic rings. The van der Waals surface area contributed by atoms with Gasteiger partial charge in [-0.1, -0.05) is 18.2 Å². The van der Waals surface area contributed by atoms with E-state index in [0.29, 0.717) is 19.8 Å². The second kappa shape index (κ2) is 7.93. The molecule has 0 aliphatic carbocycles. The van der Waals surface area contributed by atoms with E-state index in [1.165, 1.54) is 0 Å². The Morgan fingerprint density at radius 3 is 2.67 bits per heavy atom. The molecular weight excluding hydrogens is 302 g/mol. The number of carbonyl (C=O) groups is 1. The highest BCUT2D eigenvalue weighted by Crippen LogP contribution is 2.22. The topological polar surface area (TPSA) is 45.7 Å². The molecule has 24 heavy (non-hydrogen) atoms. The Morgan fingerprint density at radius 2 is 1.92 bits per heavy atom. The van der Waals surface area contributed by atoms with Crippen molar-refractivity contribution in [1.29, 1.82) is 0 Å². The lowest BCUT2D eigenvalue weighted by Gasteiger charge is -2.31. The summed E-state index contributed by atoms with van der Waals surface area (Å²) in [6.07, 6.45) is 2.54. The van der Waals surface area contributed by atoms with E-state index in [-0.39, 0.29) is 5.91 Å². The number of hydrogen-bond donors (Lipinski definition) is 0. The number of benzene rings is 1. The summed E-state index contributed by atoms with van der Waals surface area (Å²) in [6, 6.07) is 13.7. The normalized spacial score (nSPS) is 14.5. The van der Waals surface area contributed by atoms with Crippen molar-refractivity contribution in [3.05, 3.63) is 59.9 Å². The van der Waals surface area contributed by atoms with E-state index < -0.39 is 0 Å². The van der Waals surface area contributed by atoms with Gasteiger partial charge in [0.05, 0.1) is 18.8 Å². The summed E-state index contributed by atoms with van der Waals surface area (Å²) in [5.74, 6) is 0.0491. The van der Waals surface area contributed by atoms with Crippen LogP contribution in [0.1, 0.15) is 16.1 Å². The second-order valence-electron chi connectivity index (χ2n) is 5.91. The van der Waals surface area contributed by atoms with Gasteiger partial charge in [0, 0.05) is 50.7 Å². The number of nitrogens with zero attached hydrogens (tertiary/aromatic N) is 3. The first-order chi connectivity index (χ1) is 11.8.